The molecule has 0 N–H and O–H groups in total. The van der Waals surface area contributed by atoms with Crippen molar-refractivity contribution in [2.45, 2.75) is 33.9 Å². The minimum atomic E-state index is 0. The zero-order valence-electron chi connectivity index (χ0n) is 19.2. The Kier molecular flexibility index (Phi) is 20.2. The number of halogens is 1. The molecule has 3 aromatic carbocycles. The molecular weight excluding hydrogens is 567 g/mol. The van der Waals surface area contributed by atoms with E-state index in [-0.39, 0.29) is 41.0 Å². The van der Waals surface area contributed by atoms with Crippen molar-refractivity contribution in [3.63, 3.8) is 0 Å². The quantitative estimate of drug-likeness (QED) is 0.201. The van der Waals surface area contributed by atoms with Crippen molar-refractivity contribution >= 4 is 0 Å². The van der Waals surface area contributed by atoms with Crippen molar-refractivity contribution in [3.8, 4) is 0 Å². The molecular formula is C27H29FeIN2O2. The molecule has 3 aromatic rings. The van der Waals surface area contributed by atoms with E-state index in [4.69, 9.17) is 9.30 Å². The van der Waals surface area contributed by atoms with E-state index in [1.807, 2.05) is 30.3 Å². The molecule has 0 atom stereocenters. The zero-order chi connectivity index (χ0) is 23.1. The fraction of sp³-hybridized carbons (Fsp3) is 0.259. The Morgan fingerprint density at radius 3 is 1.76 bits per heavy atom. The van der Waals surface area contributed by atoms with Crippen LogP contribution in [0, 0.1) is 40.7 Å². The van der Waals surface area contributed by atoms with Crippen LogP contribution in [0.1, 0.15) is 27.8 Å². The summed E-state index contributed by atoms with van der Waals surface area (Å²) in [5.41, 5.74) is 6.92. The van der Waals surface area contributed by atoms with Crippen LogP contribution in [-0.2, 0) is 39.5 Å². The summed E-state index contributed by atoms with van der Waals surface area (Å²) < 4.78 is 15.0. The summed E-state index contributed by atoms with van der Waals surface area (Å²) in [5, 5.41) is 0. The Labute approximate surface area is 226 Å². The molecule has 0 aliphatic carbocycles. The van der Waals surface area contributed by atoms with Crippen LogP contribution >= 0.6 is 0 Å². The third-order valence-corrected chi connectivity index (χ3v) is 4.88. The van der Waals surface area contributed by atoms with Gasteiger partial charge in [-0.25, -0.2) is 12.1 Å². The molecule has 33 heavy (non-hydrogen) atoms. The van der Waals surface area contributed by atoms with E-state index in [0.29, 0.717) is 0 Å². The van der Waals surface area contributed by atoms with Gasteiger partial charge in [0.15, 0.2) is 0 Å². The second kappa shape index (κ2) is 19.9. The molecule has 1 aliphatic rings. The maximum atomic E-state index is 7.50. The van der Waals surface area contributed by atoms with Gasteiger partial charge in [0.25, 0.3) is 0 Å². The molecule has 1 fully saturated rings. The van der Waals surface area contributed by atoms with Crippen molar-refractivity contribution in [1.29, 1.82) is 0 Å². The average molecular weight is 596 g/mol. The summed E-state index contributed by atoms with van der Waals surface area (Å²) in [7, 11) is 0. The topological polar surface area (TPSA) is 46.3 Å². The van der Waals surface area contributed by atoms with E-state index in [1.54, 1.807) is 0 Å². The Hall–Kier alpha value is -1.56. The third-order valence-electron chi connectivity index (χ3n) is 4.88. The van der Waals surface area contributed by atoms with Gasteiger partial charge in [0.05, 0.1) is 0 Å². The maximum Gasteiger partial charge on any atom is 2.00 e. The van der Waals surface area contributed by atoms with Crippen molar-refractivity contribution in [3.05, 3.63) is 121 Å². The molecule has 1 saturated heterocycles. The number of rotatable bonds is 4. The molecule has 2 radical (unpaired) electrons. The predicted octanol–water partition coefficient (Wildman–Crippen LogP) is 2.26. The minimum absolute atomic E-state index is 0. The van der Waals surface area contributed by atoms with E-state index < -0.39 is 0 Å². The molecule has 0 aromatic heterocycles. The largest absolute Gasteiger partial charge is 2.00 e. The Balaban J connectivity index is 0. The van der Waals surface area contributed by atoms with Crippen molar-refractivity contribution < 1.29 is 50.3 Å². The summed E-state index contributed by atoms with van der Waals surface area (Å²) in [6, 6.07) is 25.2. The van der Waals surface area contributed by atoms with Crippen LogP contribution in [0.5, 0.6) is 0 Å². The van der Waals surface area contributed by atoms with Gasteiger partial charge >= 0.3 is 39.7 Å². The van der Waals surface area contributed by atoms with Gasteiger partial charge in [0, 0.05) is 26.2 Å². The molecule has 6 heteroatoms. The first kappa shape index (κ1) is 33.6. The number of hydrogen-bond donors (Lipinski definition) is 0. The first-order valence-corrected chi connectivity index (χ1v) is 10.1. The van der Waals surface area contributed by atoms with Crippen LogP contribution in [0.4, 0.5) is 0 Å². The van der Waals surface area contributed by atoms with Crippen LogP contribution in [0.2, 0.25) is 0 Å². The van der Waals surface area contributed by atoms with Crippen molar-refractivity contribution in [1.82, 2.24) is 9.80 Å². The van der Waals surface area contributed by atoms with Crippen LogP contribution in [-0.4, -0.2) is 22.9 Å². The van der Waals surface area contributed by atoms with Crippen LogP contribution in [0.25, 0.3) is 0 Å². The molecule has 0 unspecified atom stereocenters. The molecule has 0 spiro atoms. The fourth-order valence-corrected chi connectivity index (χ4v) is 3.54. The van der Waals surface area contributed by atoms with Gasteiger partial charge < -0.3 is 24.0 Å². The van der Waals surface area contributed by atoms with E-state index in [1.165, 1.54) is 27.8 Å². The Bertz CT molecular complexity index is 865. The van der Waals surface area contributed by atoms with Gasteiger partial charge in [-0.2, -0.15) is 18.2 Å². The standard InChI is InChI=1S/C20H24N2.C5H5.2CO.Fe.HI/c1-16-11-17(2)20(18(3)12-16)14-22-10-9-21(15-22)13-19-7-5-4-6-8-19;1-2-4-5-3-1;2*1-2;;/h4-8,11-12H,9-10,13-14H2,1-3H3;1-5H;;;;1H/q;-1;;;+2;/p-1. The number of nitrogens with zero attached hydrogens (tertiary/aromatic N) is 2. The van der Waals surface area contributed by atoms with Gasteiger partial charge in [0.2, 0.25) is 0 Å². The molecule has 0 bridgehead atoms. The van der Waals surface area contributed by atoms with Gasteiger partial charge in [0.1, 0.15) is 6.67 Å². The Morgan fingerprint density at radius 1 is 0.818 bits per heavy atom. The number of hydrogen-bond acceptors (Lipinski definition) is 2. The molecule has 0 amide bonds. The number of aryl methyl sites for hydroxylation is 3. The summed E-state index contributed by atoms with van der Waals surface area (Å²) >= 11 is 0. The van der Waals surface area contributed by atoms with E-state index in [0.717, 1.165) is 26.2 Å². The maximum absolute atomic E-state index is 7.50. The monoisotopic (exact) mass is 596 g/mol. The predicted molar refractivity (Wildman–Crippen MR) is 121 cm³/mol. The van der Waals surface area contributed by atoms with Gasteiger partial charge in [-0.3, -0.25) is 9.80 Å². The minimum Gasteiger partial charge on any atom is -1.00 e. The van der Waals surface area contributed by atoms with E-state index in [9.17, 15) is 0 Å². The van der Waals surface area contributed by atoms with Gasteiger partial charge in [-0.1, -0.05) is 48.0 Å². The smallest absolute Gasteiger partial charge is 1.00 e. The van der Waals surface area contributed by atoms with Crippen molar-refractivity contribution in [2.24, 2.45) is 0 Å². The fourth-order valence-electron chi connectivity index (χ4n) is 3.54. The van der Waals surface area contributed by atoms with Gasteiger partial charge in [-0.15, -0.1) is 0 Å². The molecule has 1 heterocycles. The second-order valence-electron chi connectivity index (χ2n) is 7.27. The van der Waals surface area contributed by atoms with Crippen LogP contribution in [0.3, 0.4) is 0 Å². The Morgan fingerprint density at radius 2 is 1.30 bits per heavy atom. The van der Waals surface area contributed by atoms with E-state index in [2.05, 4.69) is 93.0 Å². The summed E-state index contributed by atoms with van der Waals surface area (Å²) in [4.78, 5) is 4.60. The first-order valence-electron chi connectivity index (χ1n) is 10.1. The summed E-state index contributed by atoms with van der Waals surface area (Å²) in [6.07, 6.45) is 0. The summed E-state index contributed by atoms with van der Waals surface area (Å²) in [6.45, 7) is 23.1. The SMILES string of the molecule is Cc1cc(C)c(CN2[C]N(Cc3ccccc3)CC2)c(C)c1.[C-]#[O+].[C-]#[O+].[Fe+2].[I-].c1cc[cH-]c1. The zero-order valence-corrected chi connectivity index (χ0v) is 22.5. The van der Waals surface area contributed by atoms with Crippen LogP contribution in [0.15, 0.2) is 72.8 Å². The van der Waals surface area contributed by atoms with Crippen LogP contribution < -0.4 is 24.0 Å². The van der Waals surface area contributed by atoms with Crippen molar-refractivity contribution in [2.75, 3.05) is 13.1 Å². The third kappa shape index (κ3) is 12.5. The summed E-state index contributed by atoms with van der Waals surface area (Å²) in [5.74, 6) is 0. The molecule has 4 rings (SSSR count). The average Bonchev–Trinajstić information content (AvgIpc) is 3.50. The molecule has 1 aliphatic heterocycles. The molecule has 4 nitrogen and oxygen atoms in total. The normalized spacial score (nSPS) is 12.2. The van der Waals surface area contributed by atoms with Gasteiger partial charge in [-0.05, 0) is 43.0 Å². The first-order chi connectivity index (χ1) is 15.1. The molecule has 0 saturated carbocycles. The molecule has 174 valence electrons. The number of benzene rings is 2. The second-order valence-corrected chi connectivity index (χ2v) is 7.27. The van der Waals surface area contributed by atoms with E-state index >= 15 is 0 Å².